The van der Waals surface area contributed by atoms with Crippen molar-refractivity contribution >= 4 is 40.1 Å². The first-order chi connectivity index (χ1) is 10.1. The van der Waals surface area contributed by atoms with Crippen LogP contribution in [0.1, 0.15) is 38.5 Å². The molecule has 1 heterocycles. The van der Waals surface area contributed by atoms with Crippen molar-refractivity contribution in [2.75, 3.05) is 11.4 Å². The van der Waals surface area contributed by atoms with Crippen molar-refractivity contribution in [3.63, 3.8) is 0 Å². The summed E-state index contributed by atoms with van der Waals surface area (Å²) in [7, 11) is 0. The molecule has 0 radical (unpaired) electrons. The van der Waals surface area contributed by atoms with Gasteiger partial charge >= 0.3 is 0 Å². The number of anilines is 1. The third kappa shape index (κ3) is 2.80. The average Bonchev–Trinajstić information content (AvgIpc) is 2.60. The average molecular weight is 398 g/mol. The number of amides is 2. The fourth-order valence-electron chi connectivity index (χ4n) is 3.35. The van der Waals surface area contributed by atoms with Gasteiger partial charge < -0.3 is 10.2 Å². The van der Waals surface area contributed by atoms with Crippen LogP contribution in [-0.4, -0.2) is 23.9 Å². The molecule has 21 heavy (non-hydrogen) atoms. The number of hydrogen-bond donors (Lipinski definition) is 1. The fraction of sp³-hybridized carbons (Fsp3) is 0.500. The fourth-order valence-corrected chi connectivity index (χ4v) is 4.03. The molecule has 5 heteroatoms. The Kier molecular flexibility index (Phi) is 4.19. The third-order valence-corrected chi connectivity index (χ3v) is 5.36. The van der Waals surface area contributed by atoms with Gasteiger partial charge in [0.1, 0.15) is 5.54 Å². The molecule has 1 aliphatic carbocycles. The molecule has 1 N–H and O–H groups in total. The summed E-state index contributed by atoms with van der Waals surface area (Å²) in [5.41, 5.74) is 0.245. The summed E-state index contributed by atoms with van der Waals surface area (Å²) in [4.78, 5) is 27.0. The SMILES string of the molecule is O=C1CCN(c2ccccc2I)C(=O)C2(CCCCC2)N1. The molecular formula is C16H19IN2O2. The Morgan fingerprint density at radius 1 is 1.10 bits per heavy atom. The number of rotatable bonds is 1. The Morgan fingerprint density at radius 3 is 2.52 bits per heavy atom. The van der Waals surface area contributed by atoms with Gasteiger partial charge in [0, 0.05) is 16.5 Å². The third-order valence-electron chi connectivity index (χ3n) is 4.45. The molecule has 1 saturated heterocycles. The van der Waals surface area contributed by atoms with Crippen molar-refractivity contribution < 1.29 is 9.59 Å². The summed E-state index contributed by atoms with van der Waals surface area (Å²) in [5, 5.41) is 3.03. The molecule has 1 saturated carbocycles. The number of nitrogens with zero attached hydrogens (tertiary/aromatic N) is 1. The van der Waals surface area contributed by atoms with Crippen LogP contribution in [0.25, 0.3) is 0 Å². The van der Waals surface area contributed by atoms with Crippen molar-refractivity contribution in [2.45, 2.75) is 44.1 Å². The zero-order chi connectivity index (χ0) is 14.9. The lowest BCUT2D eigenvalue weighted by molar-refractivity contribution is -0.131. The first kappa shape index (κ1) is 14.8. The summed E-state index contributed by atoms with van der Waals surface area (Å²) in [6.45, 7) is 0.465. The molecular weight excluding hydrogens is 379 g/mol. The van der Waals surface area contributed by atoms with E-state index >= 15 is 0 Å². The normalized spacial score (nSPS) is 22.0. The quantitative estimate of drug-likeness (QED) is 0.740. The summed E-state index contributed by atoms with van der Waals surface area (Å²) < 4.78 is 1.05. The van der Waals surface area contributed by atoms with Gasteiger partial charge in [-0.05, 0) is 47.6 Å². The van der Waals surface area contributed by atoms with Gasteiger partial charge in [-0.3, -0.25) is 9.59 Å². The van der Waals surface area contributed by atoms with Crippen LogP contribution in [0.15, 0.2) is 24.3 Å². The number of carbonyl (C=O) groups excluding carboxylic acids is 2. The molecule has 2 fully saturated rings. The van der Waals surface area contributed by atoms with E-state index in [9.17, 15) is 9.59 Å². The number of benzene rings is 1. The van der Waals surface area contributed by atoms with Gasteiger partial charge in [-0.1, -0.05) is 31.4 Å². The first-order valence-corrected chi connectivity index (χ1v) is 8.58. The maximum Gasteiger partial charge on any atom is 0.252 e. The highest BCUT2D eigenvalue weighted by molar-refractivity contribution is 14.1. The maximum atomic E-state index is 13.1. The Labute approximate surface area is 138 Å². The molecule has 3 rings (SSSR count). The van der Waals surface area contributed by atoms with E-state index in [4.69, 9.17) is 0 Å². The van der Waals surface area contributed by atoms with E-state index in [1.54, 1.807) is 0 Å². The number of nitrogens with one attached hydrogen (secondary N) is 1. The second-order valence-corrected chi connectivity index (χ2v) is 7.01. The summed E-state index contributed by atoms with van der Waals surface area (Å²) in [6, 6.07) is 7.87. The Hall–Kier alpha value is -1.11. The molecule has 1 aliphatic heterocycles. The smallest absolute Gasteiger partial charge is 0.252 e. The largest absolute Gasteiger partial charge is 0.342 e. The number of hydrogen-bond acceptors (Lipinski definition) is 2. The van der Waals surface area contributed by atoms with Gasteiger partial charge in [0.05, 0.1) is 5.69 Å². The topological polar surface area (TPSA) is 49.4 Å². The molecule has 4 nitrogen and oxygen atoms in total. The predicted octanol–water partition coefficient (Wildman–Crippen LogP) is 2.85. The van der Waals surface area contributed by atoms with Gasteiger partial charge in [-0.15, -0.1) is 0 Å². The molecule has 2 amide bonds. The van der Waals surface area contributed by atoms with Crippen LogP contribution >= 0.6 is 22.6 Å². The van der Waals surface area contributed by atoms with E-state index in [2.05, 4.69) is 27.9 Å². The minimum atomic E-state index is -0.676. The lowest BCUT2D eigenvalue weighted by atomic mass is 9.80. The molecule has 1 spiro atoms. The van der Waals surface area contributed by atoms with Crippen LogP contribution in [0.5, 0.6) is 0 Å². The van der Waals surface area contributed by atoms with Crippen molar-refractivity contribution in [2.24, 2.45) is 0 Å². The van der Waals surface area contributed by atoms with Gasteiger partial charge in [-0.25, -0.2) is 0 Å². The number of halogens is 1. The highest BCUT2D eigenvalue weighted by Gasteiger charge is 2.45. The lowest BCUT2D eigenvalue weighted by Gasteiger charge is -2.38. The van der Waals surface area contributed by atoms with Crippen molar-refractivity contribution in [3.8, 4) is 0 Å². The number of para-hydroxylation sites is 1. The highest BCUT2D eigenvalue weighted by Crippen LogP contribution is 2.34. The van der Waals surface area contributed by atoms with E-state index in [0.29, 0.717) is 13.0 Å². The molecule has 1 aromatic carbocycles. The van der Waals surface area contributed by atoms with Crippen LogP contribution in [0.2, 0.25) is 0 Å². The van der Waals surface area contributed by atoms with E-state index < -0.39 is 5.54 Å². The molecule has 2 aliphatic rings. The molecule has 0 aromatic heterocycles. The summed E-state index contributed by atoms with van der Waals surface area (Å²) >= 11 is 2.25. The standard InChI is InChI=1S/C16H19IN2O2/c17-12-6-2-3-7-13(12)19-11-8-14(20)18-16(15(19)21)9-4-1-5-10-16/h2-3,6-7H,1,4-5,8-11H2,(H,18,20). The highest BCUT2D eigenvalue weighted by atomic mass is 127. The molecule has 112 valence electrons. The van der Waals surface area contributed by atoms with Crippen LogP contribution in [0.4, 0.5) is 5.69 Å². The molecule has 0 atom stereocenters. The Morgan fingerprint density at radius 2 is 1.81 bits per heavy atom. The second-order valence-electron chi connectivity index (χ2n) is 5.85. The van der Waals surface area contributed by atoms with Gasteiger partial charge in [0.15, 0.2) is 0 Å². The van der Waals surface area contributed by atoms with E-state index in [0.717, 1.165) is 41.4 Å². The van der Waals surface area contributed by atoms with Crippen molar-refractivity contribution in [1.82, 2.24) is 5.32 Å². The van der Waals surface area contributed by atoms with Crippen LogP contribution in [-0.2, 0) is 9.59 Å². The minimum absolute atomic E-state index is 0.00121. The van der Waals surface area contributed by atoms with E-state index in [1.165, 1.54) is 0 Å². The van der Waals surface area contributed by atoms with Crippen LogP contribution in [0.3, 0.4) is 0 Å². The Bertz CT molecular complexity index is 567. The zero-order valence-corrected chi connectivity index (χ0v) is 14.1. The zero-order valence-electron chi connectivity index (χ0n) is 11.9. The van der Waals surface area contributed by atoms with Crippen molar-refractivity contribution in [1.29, 1.82) is 0 Å². The first-order valence-electron chi connectivity index (χ1n) is 7.50. The van der Waals surface area contributed by atoms with Crippen molar-refractivity contribution in [3.05, 3.63) is 27.8 Å². The molecule has 0 unspecified atom stereocenters. The predicted molar refractivity (Wildman–Crippen MR) is 90.1 cm³/mol. The monoisotopic (exact) mass is 398 g/mol. The number of carbonyl (C=O) groups is 2. The second kappa shape index (κ2) is 5.94. The maximum absolute atomic E-state index is 13.1. The van der Waals surface area contributed by atoms with E-state index in [1.807, 2.05) is 29.2 Å². The van der Waals surface area contributed by atoms with Crippen LogP contribution < -0.4 is 10.2 Å². The molecule has 0 bridgehead atoms. The van der Waals surface area contributed by atoms with Gasteiger partial charge in [0.2, 0.25) is 5.91 Å². The summed E-state index contributed by atoms with van der Waals surface area (Å²) in [5.74, 6) is 0.0656. The van der Waals surface area contributed by atoms with Crippen LogP contribution in [0, 0.1) is 3.57 Å². The summed E-state index contributed by atoms with van der Waals surface area (Å²) in [6.07, 6.45) is 5.05. The van der Waals surface area contributed by atoms with Gasteiger partial charge in [0.25, 0.3) is 5.91 Å². The Balaban J connectivity index is 1.99. The minimum Gasteiger partial charge on any atom is -0.342 e. The lowest BCUT2D eigenvalue weighted by Crippen LogP contribution is -2.58. The van der Waals surface area contributed by atoms with E-state index in [-0.39, 0.29) is 11.8 Å². The molecule has 1 aromatic rings. The van der Waals surface area contributed by atoms with Gasteiger partial charge in [-0.2, -0.15) is 0 Å².